The maximum absolute atomic E-state index is 12.0. The highest BCUT2D eigenvalue weighted by molar-refractivity contribution is 5.99. The number of benzene rings is 1. The summed E-state index contributed by atoms with van der Waals surface area (Å²) in [7, 11) is 1.70. The van der Waals surface area contributed by atoms with Gasteiger partial charge in [-0.2, -0.15) is 0 Å². The molecule has 1 aromatic carbocycles. The molecule has 2 aliphatic rings. The van der Waals surface area contributed by atoms with Crippen LogP contribution >= 0.6 is 0 Å². The van der Waals surface area contributed by atoms with Gasteiger partial charge in [-0.3, -0.25) is 4.79 Å². The molecule has 0 bridgehead atoms. The largest absolute Gasteiger partial charge is 0.482 e. The van der Waals surface area contributed by atoms with Crippen molar-refractivity contribution in [3.8, 4) is 5.75 Å². The van der Waals surface area contributed by atoms with E-state index in [4.69, 9.17) is 4.74 Å². The molecular weight excluding hydrogens is 284 g/mol. The van der Waals surface area contributed by atoms with Gasteiger partial charge in [0, 0.05) is 25.3 Å². The summed E-state index contributed by atoms with van der Waals surface area (Å²) in [6, 6.07) is 5.18. The first-order valence-electron chi connectivity index (χ1n) is 7.45. The molecule has 0 spiro atoms. The summed E-state index contributed by atoms with van der Waals surface area (Å²) in [4.78, 5) is 25.2. The summed E-state index contributed by atoms with van der Waals surface area (Å²) in [6.45, 7) is 1.85. The van der Waals surface area contributed by atoms with E-state index in [1.165, 1.54) is 4.90 Å². The zero-order valence-electron chi connectivity index (χ0n) is 12.5. The lowest BCUT2D eigenvalue weighted by Gasteiger charge is -2.27. The Morgan fingerprint density at radius 3 is 3.09 bits per heavy atom. The minimum Gasteiger partial charge on any atom is -0.482 e. The normalized spacial score (nSPS) is 20.9. The fourth-order valence-corrected chi connectivity index (χ4v) is 2.68. The van der Waals surface area contributed by atoms with Gasteiger partial charge in [0.05, 0.1) is 5.69 Å². The number of nitrogens with one attached hydrogen (secondary N) is 3. The van der Waals surface area contributed by atoms with Gasteiger partial charge >= 0.3 is 6.03 Å². The molecule has 22 heavy (non-hydrogen) atoms. The number of ether oxygens (including phenoxy) is 1. The number of piperidine rings is 1. The van der Waals surface area contributed by atoms with E-state index in [9.17, 15) is 9.59 Å². The number of nitrogens with zero attached hydrogens (tertiary/aromatic N) is 1. The van der Waals surface area contributed by atoms with Gasteiger partial charge in [-0.05, 0) is 37.6 Å². The minimum atomic E-state index is -0.237. The summed E-state index contributed by atoms with van der Waals surface area (Å²) in [5, 5.41) is 9.00. The van der Waals surface area contributed by atoms with E-state index in [2.05, 4.69) is 16.0 Å². The summed E-state index contributed by atoms with van der Waals surface area (Å²) in [5.41, 5.74) is 1.29. The van der Waals surface area contributed by atoms with Crippen LogP contribution in [0.2, 0.25) is 0 Å². The van der Waals surface area contributed by atoms with E-state index in [0.29, 0.717) is 17.1 Å². The minimum absolute atomic E-state index is 0.0471. The molecule has 0 aliphatic carbocycles. The van der Waals surface area contributed by atoms with Gasteiger partial charge < -0.3 is 25.6 Å². The number of hydrogen-bond acceptors (Lipinski definition) is 4. The van der Waals surface area contributed by atoms with Crippen LogP contribution in [0, 0.1) is 0 Å². The van der Waals surface area contributed by atoms with E-state index >= 15 is 0 Å². The van der Waals surface area contributed by atoms with Crippen molar-refractivity contribution in [2.24, 2.45) is 0 Å². The van der Waals surface area contributed by atoms with Crippen LogP contribution in [0.5, 0.6) is 5.75 Å². The van der Waals surface area contributed by atoms with Gasteiger partial charge in [-0.15, -0.1) is 0 Å². The molecule has 0 radical (unpaired) electrons. The summed E-state index contributed by atoms with van der Waals surface area (Å²) < 4.78 is 5.36. The Morgan fingerprint density at radius 1 is 1.45 bits per heavy atom. The zero-order valence-corrected chi connectivity index (χ0v) is 12.5. The van der Waals surface area contributed by atoms with Crippen molar-refractivity contribution in [1.29, 1.82) is 0 Å². The molecule has 3 rings (SSSR count). The number of anilines is 2. The Morgan fingerprint density at radius 2 is 2.32 bits per heavy atom. The summed E-state index contributed by atoms with van der Waals surface area (Å²) in [6.07, 6.45) is 2.05. The van der Waals surface area contributed by atoms with Gasteiger partial charge in [-0.1, -0.05) is 0 Å². The van der Waals surface area contributed by atoms with Crippen LogP contribution in [-0.2, 0) is 4.79 Å². The topological polar surface area (TPSA) is 82.7 Å². The number of hydrogen-bond donors (Lipinski definition) is 3. The van der Waals surface area contributed by atoms with Crippen molar-refractivity contribution in [2.45, 2.75) is 18.9 Å². The molecule has 1 aromatic rings. The molecule has 1 saturated heterocycles. The molecule has 3 N–H and O–H groups in total. The zero-order chi connectivity index (χ0) is 15.5. The third-order valence-corrected chi connectivity index (χ3v) is 3.94. The number of amides is 3. The van der Waals surface area contributed by atoms with Crippen molar-refractivity contribution in [3.05, 3.63) is 18.2 Å². The molecule has 2 heterocycles. The average Bonchev–Trinajstić information content (AvgIpc) is 2.52. The lowest BCUT2D eigenvalue weighted by molar-refractivity contribution is -0.120. The van der Waals surface area contributed by atoms with Crippen LogP contribution in [0.25, 0.3) is 0 Å². The first kappa shape index (κ1) is 14.6. The molecule has 0 aromatic heterocycles. The SMILES string of the molecule is CN1C(=O)COc2ccc(NC(=O)NC3CCCNC3)cc21. The van der Waals surface area contributed by atoms with E-state index in [0.717, 1.165) is 25.9 Å². The van der Waals surface area contributed by atoms with Crippen molar-refractivity contribution < 1.29 is 14.3 Å². The van der Waals surface area contributed by atoms with E-state index in [1.54, 1.807) is 25.2 Å². The van der Waals surface area contributed by atoms with Crippen LogP contribution in [0.1, 0.15) is 12.8 Å². The summed E-state index contributed by atoms with van der Waals surface area (Å²) >= 11 is 0. The van der Waals surface area contributed by atoms with Crippen molar-refractivity contribution in [3.63, 3.8) is 0 Å². The second-order valence-corrected chi connectivity index (χ2v) is 5.57. The van der Waals surface area contributed by atoms with Crippen molar-refractivity contribution in [2.75, 3.05) is 37.0 Å². The molecule has 0 saturated carbocycles. The maximum Gasteiger partial charge on any atom is 0.319 e. The Labute approximate surface area is 129 Å². The van der Waals surface area contributed by atoms with Gasteiger partial charge in [-0.25, -0.2) is 4.79 Å². The molecule has 3 amide bonds. The quantitative estimate of drug-likeness (QED) is 0.758. The lowest BCUT2D eigenvalue weighted by atomic mass is 10.1. The number of urea groups is 1. The van der Waals surface area contributed by atoms with Gasteiger partial charge in [0.1, 0.15) is 5.75 Å². The van der Waals surface area contributed by atoms with E-state index in [-0.39, 0.29) is 24.6 Å². The van der Waals surface area contributed by atoms with Gasteiger partial charge in [0.2, 0.25) is 0 Å². The van der Waals surface area contributed by atoms with Gasteiger partial charge in [0.15, 0.2) is 6.61 Å². The van der Waals surface area contributed by atoms with E-state index < -0.39 is 0 Å². The van der Waals surface area contributed by atoms with Crippen LogP contribution in [0.15, 0.2) is 18.2 Å². The maximum atomic E-state index is 12.0. The van der Waals surface area contributed by atoms with Crippen LogP contribution in [0.4, 0.5) is 16.2 Å². The Kier molecular flexibility index (Phi) is 4.15. The third kappa shape index (κ3) is 3.14. The first-order chi connectivity index (χ1) is 10.6. The molecule has 2 aliphatic heterocycles. The molecule has 118 valence electrons. The lowest BCUT2D eigenvalue weighted by Crippen LogP contribution is -2.47. The number of carbonyl (C=O) groups excluding carboxylic acids is 2. The average molecular weight is 304 g/mol. The Bertz CT molecular complexity index is 584. The van der Waals surface area contributed by atoms with Gasteiger partial charge in [0.25, 0.3) is 5.91 Å². The highest BCUT2D eigenvalue weighted by Gasteiger charge is 2.23. The van der Waals surface area contributed by atoms with Crippen LogP contribution < -0.4 is 25.6 Å². The standard InChI is InChI=1S/C15H20N4O3/c1-19-12-7-10(4-5-13(12)22-9-14(19)20)17-15(21)18-11-3-2-6-16-8-11/h4-5,7,11,16H,2-3,6,8-9H2,1H3,(H2,17,18,21). The second kappa shape index (κ2) is 6.23. The van der Waals surface area contributed by atoms with Crippen molar-refractivity contribution >= 4 is 23.3 Å². The monoisotopic (exact) mass is 304 g/mol. The Hall–Kier alpha value is -2.28. The second-order valence-electron chi connectivity index (χ2n) is 5.57. The number of rotatable bonds is 2. The predicted molar refractivity (Wildman–Crippen MR) is 83.4 cm³/mol. The number of fused-ring (bicyclic) bond motifs is 1. The molecule has 7 heteroatoms. The fraction of sp³-hybridized carbons (Fsp3) is 0.467. The smallest absolute Gasteiger partial charge is 0.319 e. The van der Waals surface area contributed by atoms with E-state index in [1.807, 2.05) is 0 Å². The summed E-state index contributed by atoms with van der Waals surface area (Å²) in [5.74, 6) is 0.534. The fourth-order valence-electron chi connectivity index (χ4n) is 2.68. The van der Waals surface area contributed by atoms with Crippen molar-refractivity contribution in [1.82, 2.24) is 10.6 Å². The predicted octanol–water partition coefficient (Wildman–Crippen LogP) is 0.915. The molecule has 1 fully saturated rings. The molecular formula is C15H20N4O3. The third-order valence-electron chi connectivity index (χ3n) is 3.94. The molecule has 1 atom stereocenters. The molecule has 7 nitrogen and oxygen atoms in total. The molecule has 1 unspecified atom stereocenters. The van der Waals surface area contributed by atoms with Crippen LogP contribution in [-0.4, -0.2) is 44.7 Å². The number of likely N-dealkylation sites (N-methyl/N-ethyl adjacent to an activating group) is 1. The number of carbonyl (C=O) groups is 2. The van der Waals surface area contributed by atoms with Crippen LogP contribution in [0.3, 0.4) is 0 Å². The first-order valence-corrected chi connectivity index (χ1v) is 7.45. The highest BCUT2D eigenvalue weighted by Crippen LogP contribution is 2.33. The highest BCUT2D eigenvalue weighted by atomic mass is 16.5. The Balaban J connectivity index is 1.65.